The number of hydrogen-bond acceptors (Lipinski definition) is 6. The van der Waals surface area contributed by atoms with Crippen LogP contribution >= 0.6 is 11.6 Å². The molecular weight excluding hydrogens is 637 g/mol. The van der Waals surface area contributed by atoms with Crippen LogP contribution in [0.5, 0.6) is 0 Å². The summed E-state index contributed by atoms with van der Waals surface area (Å²) in [5.41, 5.74) is 1.65. The van der Waals surface area contributed by atoms with Gasteiger partial charge in [0, 0.05) is 30.7 Å². The van der Waals surface area contributed by atoms with Gasteiger partial charge in [0.1, 0.15) is 5.82 Å². The van der Waals surface area contributed by atoms with Gasteiger partial charge in [-0.1, -0.05) is 49.1 Å². The first-order valence-corrected chi connectivity index (χ1v) is 17.6. The van der Waals surface area contributed by atoms with Crippen LogP contribution in [-0.2, 0) is 37.3 Å². The zero-order chi connectivity index (χ0) is 33.8. The van der Waals surface area contributed by atoms with Crippen molar-refractivity contribution in [1.29, 1.82) is 0 Å². The van der Waals surface area contributed by atoms with Crippen molar-refractivity contribution in [3.05, 3.63) is 64.6 Å². The number of halogens is 2. The second kappa shape index (κ2) is 15.4. The van der Waals surface area contributed by atoms with Crippen LogP contribution < -0.4 is 5.32 Å². The predicted molar refractivity (Wildman–Crippen MR) is 182 cm³/mol. The first-order chi connectivity index (χ1) is 23.2. The standard InChI is InChI=1S/C37H45ClFN3O6/c1-41-21-30(29-10-6-7-11-34(29)41)36(44)40-33-19-32(39)24(16-31(33)38)17-35(43)42-20-28(48-27-8-4-3-5-9-27)18-25(42)22-47-26-14-12-23(13-15-26)37(45)46-2/h6-7,10-11,16,19,21,23,25-28H,3-5,8-9,12-15,17-18,20,22H2,1-2H3,(H,40,44)/t23-,25-,26-,28-/m0/s1. The number of hydrogen-bond donors (Lipinski definition) is 1. The molecule has 2 aromatic carbocycles. The van der Waals surface area contributed by atoms with E-state index in [2.05, 4.69) is 5.32 Å². The fourth-order valence-corrected chi connectivity index (χ4v) is 7.82. The Hall–Kier alpha value is -3.47. The van der Waals surface area contributed by atoms with Crippen molar-refractivity contribution in [2.75, 3.05) is 25.6 Å². The summed E-state index contributed by atoms with van der Waals surface area (Å²) in [4.78, 5) is 40.7. The highest BCUT2D eigenvalue weighted by atomic mass is 35.5. The first-order valence-electron chi connectivity index (χ1n) is 17.2. The highest BCUT2D eigenvalue weighted by Crippen LogP contribution is 2.32. The molecule has 0 unspecified atom stereocenters. The van der Waals surface area contributed by atoms with E-state index in [0.717, 1.165) is 62.3 Å². The minimum absolute atomic E-state index is 0.00838. The van der Waals surface area contributed by atoms with Gasteiger partial charge in [-0.25, -0.2) is 4.39 Å². The molecule has 1 aliphatic heterocycles. The molecule has 2 heterocycles. The van der Waals surface area contributed by atoms with E-state index in [-0.39, 0.29) is 64.8 Å². The number of rotatable bonds is 10. The molecule has 1 saturated heterocycles. The van der Waals surface area contributed by atoms with Gasteiger partial charge in [0.2, 0.25) is 5.91 Å². The molecule has 1 aromatic heterocycles. The molecule has 3 fully saturated rings. The number of esters is 1. The largest absolute Gasteiger partial charge is 0.469 e. The SMILES string of the molecule is COC(=O)[C@H]1CC[C@H](OC[C@@H]2C[C@H](OC3CCCCC3)CN2C(=O)Cc2cc(Cl)c(NC(=O)c3cn(C)c4ccccc34)cc2F)CC1. The molecule has 2 atom stereocenters. The van der Waals surface area contributed by atoms with Crippen LogP contribution in [0.25, 0.3) is 10.9 Å². The van der Waals surface area contributed by atoms with Gasteiger partial charge in [0.05, 0.1) is 66.7 Å². The molecule has 0 radical (unpaired) electrons. The lowest BCUT2D eigenvalue weighted by molar-refractivity contribution is -0.148. The summed E-state index contributed by atoms with van der Waals surface area (Å²) in [7, 11) is 3.28. The van der Waals surface area contributed by atoms with Crippen molar-refractivity contribution in [3.8, 4) is 0 Å². The quantitative estimate of drug-likeness (QED) is 0.236. The summed E-state index contributed by atoms with van der Waals surface area (Å²) in [5.74, 6) is -1.51. The number of carbonyl (C=O) groups is 3. The Morgan fingerprint density at radius 1 is 0.979 bits per heavy atom. The highest BCUT2D eigenvalue weighted by Gasteiger charge is 2.38. The monoisotopic (exact) mass is 681 g/mol. The molecule has 0 bridgehead atoms. The number of fused-ring (bicyclic) bond motifs is 1. The number of ether oxygens (including phenoxy) is 3. The smallest absolute Gasteiger partial charge is 0.308 e. The van der Waals surface area contributed by atoms with Crippen molar-refractivity contribution in [3.63, 3.8) is 0 Å². The van der Waals surface area contributed by atoms with Gasteiger partial charge in [-0.3, -0.25) is 14.4 Å². The molecule has 258 valence electrons. The summed E-state index contributed by atoms with van der Waals surface area (Å²) >= 11 is 6.55. The molecule has 1 N–H and O–H groups in total. The zero-order valence-electron chi connectivity index (χ0n) is 27.7. The van der Waals surface area contributed by atoms with E-state index in [1.807, 2.05) is 35.9 Å². The number of methoxy groups -OCH3 is 1. The van der Waals surface area contributed by atoms with Gasteiger partial charge >= 0.3 is 5.97 Å². The average Bonchev–Trinajstić information content (AvgIpc) is 3.66. The third-order valence-electron chi connectivity index (χ3n) is 10.2. The van der Waals surface area contributed by atoms with Crippen LogP contribution in [0.2, 0.25) is 5.02 Å². The van der Waals surface area contributed by atoms with Crippen LogP contribution in [-0.4, -0.2) is 71.9 Å². The molecule has 3 aromatic rings. The Morgan fingerprint density at radius 2 is 1.73 bits per heavy atom. The van der Waals surface area contributed by atoms with Crippen molar-refractivity contribution < 1.29 is 33.0 Å². The minimum atomic E-state index is -0.620. The number of amides is 2. The molecule has 2 amide bonds. The van der Waals surface area contributed by atoms with Gasteiger partial charge in [-0.05, 0) is 68.7 Å². The van der Waals surface area contributed by atoms with Gasteiger partial charge in [0.15, 0.2) is 0 Å². The van der Waals surface area contributed by atoms with Crippen molar-refractivity contribution in [1.82, 2.24) is 9.47 Å². The molecule has 2 saturated carbocycles. The van der Waals surface area contributed by atoms with E-state index < -0.39 is 11.7 Å². The fraction of sp³-hybridized carbons (Fsp3) is 0.541. The average molecular weight is 682 g/mol. The predicted octanol–water partition coefficient (Wildman–Crippen LogP) is 6.83. The molecular formula is C37H45ClFN3O6. The van der Waals surface area contributed by atoms with E-state index in [1.54, 1.807) is 11.1 Å². The molecule has 6 rings (SSSR count). The van der Waals surface area contributed by atoms with Gasteiger partial charge in [-0.15, -0.1) is 0 Å². The van der Waals surface area contributed by atoms with E-state index >= 15 is 4.39 Å². The number of para-hydroxylation sites is 1. The maximum absolute atomic E-state index is 15.5. The summed E-state index contributed by atoms with van der Waals surface area (Å²) in [6.07, 6.45) is 10.8. The summed E-state index contributed by atoms with van der Waals surface area (Å²) in [6, 6.07) is 9.93. The van der Waals surface area contributed by atoms with Gasteiger partial charge in [-0.2, -0.15) is 0 Å². The Bertz CT molecular complexity index is 1630. The van der Waals surface area contributed by atoms with Crippen LogP contribution in [0.1, 0.15) is 80.1 Å². The number of likely N-dealkylation sites (tertiary alicyclic amines) is 1. The molecule has 2 aliphatic carbocycles. The van der Waals surface area contributed by atoms with Crippen LogP contribution in [0.15, 0.2) is 42.6 Å². The van der Waals surface area contributed by atoms with Crippen LogP contribution in [0.4, 0.5) is 10.1 Å². The fourth-order valence-electron chi connectivity index (χ4n) is 7.58. The van der Waals surface area contributed by atoms with E-state index in [1.165, 1.54) is 25.7 Å². The zero-order valence-corrected chi connectivity index (χ0v) is 28.5. The third-order valence-corrected chi connectivity index (χ3v) is 10.5. The van der Waals surface area contributed by atoms with Gasteiger partial charge in [0.25, 0.3) is 5.91 Å². The van der Waals surface area contributed by atoms with Crippen molar-refractivity contribution in [2.24, 2.45) is 13.0 Å². The summed E-state index contributed by atoms with van der Waals surface area (Å²) < 4.78 is 35.1. The Labute approximate surface area is 286 Å². The topological polar surface area (TPSA) is 99.1 Å². The Morgan fingerprint density at radius 3 is 2.48 bits per heavy atom. The van der Waals surface area contributed by atoms with Crippen LogP contribution in [0.3, 0.4) is 0 Å². The number of aromatic nitrogens is 1. The number of aryl methyl sites for hydroxylation is 1. The molecule has 9 nitrogen and oxygen atoms in total. The highest BCUT2D eigenvalue weighted by molar-refractivity contribution is 6.34. The minimum Gasteiger partial charge on any atom is -0.469 e. The van der Waals surface area contributed by atoms with E-state index in [0.29, 0.717) is 25.1 Å². The molecule has 3 aliphatic rings. The first kappa shape index (κ1) is 34.4. The number of nitrogens with zero attached hydrogens (tertiary/aromatic N) is 2. The lowest BCUT2D eigenvalue weighted by Crippen LogP contribution is -2.41. The second-order valence-electron chi connectivity index (χ2n) is 13.5. The van der Waals surface area contributed by atoms with Crippen molar-refractivity contribution >= 4 is 46.0 Å². The normalized spacial score (nSPS) is 23.4. The molecule has 0 spiro atoms. The van der Waals surface area contributed by atoms with Crippen molar-refractivity contribution in [2.45, 2.75) is 95.0 Å². The lowest BCUT2D eigenvalue weighted by atomic mass is 9.87. The molecule has 48 heavy (non-hydrogen) atoms. The maximum atomic E-state index is 15.5. The lowest BCUT2D eigenvalue weighted by Gasteiger charge is -2.30. The Balaban J connectivity index is 1.11. The maximum Gasteiger partial charge on any atom is 0.308 e. The summed E-state index contributed by atoms with van der Waals surface area (Å²) in [5, 5.41) is 3.67. The Kier molecular flexibility index (Phi) is 11.0. The van der Waals surface area contributed by atoms with Crippen LogP contribution in [0, 0.1) is 11.7 Å². The molecule has 11 heteroatoms. The van der Waals surface area contributed by atoms with Gasteiger partial charge < -0.3 is 29.0 Å². The number of anilines is 1. The van der Waals surface area contributed by atoms with E-state index in [4.69, 9.17) is 25.8 Å². The second-order valence-corrected chi connectivity index (χ2v) is 13.9. The number of carbonyl (C=O) groups excluding carboxylic acids is 3. The summed E-state index contributed by atoms with van der Waals surface area (Å²) in [6.45, 7) is 0.777. The third kappa shape index (κ3) is 7.87. The number of nitrogens with one attached hydrogen (secondary N) is 1. The number of benzene rings is 2. The van der Waals surface area contributed by atoms with E-state index in [9.17, 15) is 14.4 Å².